The fraction of sp³-hybridized carbons (Fsp3) is 0.194. The molecule has 46 heavy (non-hydrogen) atoms. The van der Waals surface area contributed by atoms with Crippen molar-refractivity contribution < 1.29 is 54.1 Å². The summed E-state index contributed by atoms with van der Waals surface area (Å²) >= 11 is 0. The van der Waals surface area contributed by atoms with Gasteiger partial charge in [0.15, 0.2) is 11.5 Å². The van der Waals surface area contributed by atoms with E-state index < -0.39 is 161 Å². The number of primary amides is 1. The second-order valence-corrected chi connectivity index (χ2v) is 10.9. The van der Waals surface area contributed by atoms with Gasteiger partial charge in [-0.25, -0.2) is 0 Å². The highest BCUT2D eigenvalue weighted by molar-refractivity contribution is 7.87. The molecule has 0 aromatic heterocycles. The van der Waals surface area contributed by atoms with Gasteiger partial charge in [0.1, 0.15) is 10.6 Å². The molecule has 4 aromatic carbocycles. The molecular weight excluding hydrogens is 602 g/mol. The van der Waals surface area contributed by atoms with Gasteiger partial charge in [-0.05, 0) is 72.0 Å². The largest absolute Gasteiger partial charge is 0.493 e. The van der Waals surface area contributed by atoms with Crippen molar-refractivity contribution in [1.29, 1.82) is 0 Å². The van der Waals surface area contributed by atoms with Gasteiger partial charge < -0.3 is 20.5 Å². The lowest BCUT2D eigenvalue weighted by atomic mass is 10.1. The first-order valence-electron chi connectivity index (χ1n) is 22.5. The molecule has 3 amide bonds. The summed E-state index contributed by atoms with van der Waals surface area (Å²) < 4.78 is 178. The Morgan fingerprint density at radius 3 is 2.43 bits per heavy atom. The van der Waals surface area contributed by atoms with E-state index in [1.165, 1.54) is 18.2 Å². The second kappa shape index (κ2) is 14.6. The summed E-state index contributed by atoms with van der Waals surface area (Å²) in [6, 6.07) is -0.0792. The number of nitrogens with zero attached hydrogens (tertiary/aromatic N) is 1. The van der Waals surface area contributed by atoms with Crippen LogP contribution in [0.3, 0.4) is 0 Å². The summed E-state index contributed by atoms with van der Waals surface area (Å²) in [5, 5.41) is -2.15. The zero-order valence-corrected chi connectivity index (χ0v) is 24.1. The molecular formula is C36H33N3O6S. The molecule has 3 atom stereocenters. The fourth-order valence-corrected chi connectivity index (χ4v) is 5.93. The summed E-state index contributed by atoms with van der Waals surface area (Å²) in [5.74, 6) is -0.462. The average Bonchev–Trinajstić information content (AvgIpc) is 3.43. The Morgan fingerprint density at radius 1 is 1.00 bits per heavy atom. The van der Waals surface area contributed by atoms with E-state index in [4.69, 9.17) is 41.3 Å². The Morgan fingerprint density at radius 2 is 1.72 bits per heavy atom. The van der Waals surface area contributed by atoms with E-state index in [1.54, 1.807) is 5.32 Å². The molecule has 1 aliphatic heterocycles. The maximum absolute atomic E-state index is 14.5. The van der Waals surface area contributed by atoms with Crippen LogP contribution >= 0.6 is 0 Å². The normalized spacial score (nSPS) is 24.3. The molecule has 0 bridgehead atoms. The first-order chi connectivity index (χ1) is 29.8. The lowest BCUT2D eigenvalue weighted by Gasteiger charge is -2.24. The Labute approximate surface area is 296 Å². The maximum atomic E-state index is 14.5. The molecule has 0 aliphatic carbocycles. The number of ether oxygens (including phenoxy) is 2. The van der Waals surface area contributed by atoms with Crippen molar-refractivity contribution in [2.45, 2.75) is 23.4 Å². The molecule has 4 aromatic rings. The zero-order valence-electron chi connectivity index (χ0n) is 42.3. The van der Waals surface area contributed by atoms with Gasteiger partial charge in [-0.15, -0.1) is 0 Å². The average molecular weight is 655 g/mol. The van der Waals surface area contributed by atoms with Crippen molar-refractivity contribution in [3.63, 3.8) is 0 Å². The monoisotopic (exact) mass is 654 g/mol. The maximum Gasteiger partial charge on any atom is 0.248 e. The highest BCUT2D eigenvalue weighted by atomic mass is 32.2. The molecule has 0 saturated carbocycles. The van der Waals surface area contributed by atoms with Gasteiger partial charge in [-0.3, -0.25) is 23.5 Å². The van der Waals surface area contributed by atoms with Crippen molar-refractivity contribution in [3.8, 4) is 23.3 Å². The zero-order chi connectivity index (χ0) is 49.0. The van der Waals surface area contributed by atoms with Gasteiger partial charge in [0.05, 0.1) is 45.4 Å². The molecule has 0 radical (unpaired) electrons. The molecule has 5 rings (SSSR count). The molecule has 1 saturated heterocycles. The Hall–Kier alpha value is -5.40. The Kier molecular flexibility index (Phi) is 4.99. The van der Waals surface area contributed by atoms with Gasteiger partial charge in [-0.2, -0.15) is 0 Å². The van der Waals surface area contributed by atoms with E-state index in [0.717, 1.165) is 23.1 Å². The summed E-state index contributed by atoms with van der Waals surface area (Å²) in [7, 11) is -9.09. The lowest BCUT2D eigenvalue weighted by molar-refractivity contribution is -0.124. The number of nitrogens with one attached hydrogen (secondary N) is 1. The van der Waals surface area contributed by atoms with Gasteiger partial charge in [-0.1, -0.05) is 54.2 Å². The summed E-state index contributed by atoms with van der Waals surface area (Å²) in [6.45, 7) is -3.44. The topological polar surface area (TPSA) is 128 Å². The van der Waals surface area contributed by atoms with Gasteiger partial charge >= 0.3 is 0 Å². The minimum Gasteiger partial charge on any atom is -0.493 e. The molecule has 0 spiro atoms. The first kappa shape index (κ1) is 15.7. The molecule has 234 valence electrons. The quantitative estimate of drug-likeness (QED) is 0.248. The molecule has 1 fully saturated rings. The van der Waals surface area contributed by atoms with Crippen LogP contribution in [0.1, 0.15) is 70.5 Å². The highest BCUT2D eigenvalue weighted by Crippen LogP contribution is 2.40. The van der Waals surface area contributed by atoms with E-state index >= 15 is 0 Å². The van der Waals surface area contributed by atoms with Crippen LogP contribution in [0, 0.1) is 11.8 Å². The van der Waals surface area contributed by atoms with Crippen molar-refractivity contribution in [2.75, 3.05) is 25.5 Å². The van der Waals surface area contributed by atoms with Crippen molar-refractivity contribution in [2.24, 2.45) is 5.73 Å². The summed E-state index contributed by atoms with van der Waals surface area (Å²) in [6.07, 6.45) is -4.45. The minimum absolute atomic E-state index is 0.181. The minimum atomic E-state index is -3.44. The van der Waals surface area contributed by atoms with Crippen LogP contribution in [0.25, 0.3) is 0 Å². The second-order valence-electron chi connectivity index (χ2n) is 9.20. The SMILES string of the molecule is [2H]c1c([2H])c([2H])c(C#Cc2c([2H])c([2H])c([C@H]3N(c4cccc(C(N)=O)c4)C(=O)[C@@H](CC(=O)NC([2H])([2H])C([2H])([2H])c4ccc(OC([2H])([2H])[2H])c(OC([2H])([2H])[2H])c4)S3=O)c([2H])c2[2H])c([2H])c1[2H]. The molecule has 1 heterocycles. The van der Waals surface area contributed by atoms with E-state index in [1.807, 2.05) is 0 Å². The van der Waals surface area contributed by atoms with Crippen LogP contribution in [-0.4, -0.2) is 47.8 Å². The van der Waals surface area contributed by atoms with Crippen LogP contribution in [0.15, 0.2) is 96.8 Å². The van der Waals surface area contributed by atoms with E-state index in [2.05, 4.69) is 11.8 Å². The number of hydrogen-bond acceptors (Lipinski definition) is 6. The van der Waals surface area contributed by atoms with Crippen LogP contribution in [0.4, 0.5) is 5.69 Å². The number of methoxy groups -OCH3 is 2. The summed E-state index contributed by atoms with van der Waals surface area (Å²) in [4.78, 5) is 40.7. The predicted octanol–water partition coefficient (Wildman–Crippen LogP) is 4.11. The highest BCUT2D eigenvalue weighted by Gasteiger charge is 2.48. The third-order valence-electron chi connectivity index (χ3n) is 6.30. The van der Waals surface area contributed by atoms with Crippen molar-refractivity contribution in [3.05, 3.63) is 125 Å². The smallest absolute Gasteiger partial charge is 0.248 e. The predicted molar refractivity (Wildman–Crippen MR) is 177 cm³/mol. The number of hydrogen-bond donors (Lipinski definition) is 2. The molecule has 9 nitrogen and oxygen atoms in total. The number of carbonyl (C=O) groups excluding carboxylic acids is 3. The van der Waals surface area contributed by atoms with Gasteiger partial charge in [0.25, 0.3) is 0 Å². The van der Waals surface area contributed by atoms with Crippen molar-refractivity contribution in [1.82, 2.24) is 5.32 Å². The number of aryl methyl sites for hydroxylation is 1. The molecule has 1 aliphatic rings. The standard InChI is InChI=1S/C36H33N3O6S/c1-44-30-18-15-26(21-31(30)45-2)19-20-38-33(40)23-32-35(42)39(29-10-6-9-28(22-29)34(37)41)36(46(32)43)27-16-13-25(14-17-27)12-11-24-7-4-3-5-8-24/h3-10,13-18,21-22,32,36H,19-20,23H2,1-2H3,(H2,37,41)(H,38,40)/t32-,36+,46?/m1/s1/i1D3,2D3,3D,4D,5D,7D,8D,13D,14D,16D,17D,19D2,20D2. The third-order valence-corrected chi connectivity index (χ3v) is 8.12. The number of rotatable bonds is 10. The number of amides is 3. The Bertz CT molecular complexity index is 2680. The first-order valence-corrected chi connectivity index (χ1v) is 14.2. The summed E-state index contributed by atoms with van der Waals surface area (Å²) in [5.41, 5.74) is 2.52. The van der Waals surface area contributed by atoms with Crippen LogP contribution in [0.2, 0.25) is 0 Å². The number of anilines is 1. The van der Waals surface area contributed by atoms with Crippen molar-refractivity contribution >= 4 is 34.2 Å². The van der Waals surface area contributed by atoms with E-state index in [9.17, 15) is 18.6 Å². The number of benzene rings is 4. The number of nitrogens with two attached hydrogens (primary N) is 1. The van der Waals surface area contributed by atoms with Crippen LogP contribution in [-0.2, 0) is 26.8 Å². The van der Waals surface area contributed by atoms with Gasteiger partial charge in [0.2, 0.25) is 17.7 Å². The molecule has 10 heteroatoms. The fourth-order valence-electron chi connectivity index (χ4n) is 4.20. The van der Waals surface area contributed by atoms with Crippen LogP contribution < -0.4 is 25.4 Å². The number of carbonyl (C=O) groups is 3. The van der Waals surface area contributed by atoms with E-state index in [-0.39, 0.29) is 11.3 Å². The third kappa shape index (κ3) is 7.28. The molecule has 3 N–H and O–H groups in total. The molecule has 1 unspecified atom stereocenters. The van der Waals surface area contributed by atoms with Gasteiger partial charge in [0, 0.05) is 40.8 Å². The lowest BCUT2D eigenvalue weighted by Crippen LogP contribution is -2.35. The Balaban J connectivity index is 1.55. The van der Waals surface area contributed by atoms with Crippen LogP contribution in [0.5, 0.6) is 11.5 Å². The van der Waals surface area contributed by atoms with E-state index in [0.29, 0.717) is 6.07 Å².